The predicted octanol–water partition coefficient (Wildman–Crippen LogP) is 2.82. The zero-order valence-electron chi connectivity index (χ0n) is 11.5. The molecule has 19 heavy (non-hydrogen) atoms. The Morgan fingerprint density at radius 1 is 1.42 bits per heavy atom. The SMILES string of the molecule is C=CCC(C(=C)OCc1ccccc1)C(C)C(N)O. The predicted molar refractivity (Wildman–Crippen MR) is 78.0 cm³/mol. The van der Waals surface area contributed by atoms with E-state index in [1.54, 1.807) is 6.08 Å². The highest BCUT2D eigenvalue weighted by atomic mass is 16.5. The molecule has 3 heteroatoms. The summed E-state index contributed by atoms with van der Waals surface area (Å²) in [6.07, 6.45) is 1.59. The molecule has 0 aliphatic heterocycles. The Hall–Kier alpha value is -1.58. The van der Waals surface area contributed by atoms with Crippen LogP contribution >= 0.6 is 0 Å². The van der Waals surface area contributed by atoms with E-state index in [2.05, 4.69) is 13.2 Å². The number of aliphatic hydroxyl groups is 1. The maximum absolute atomic E-state index is 9.50. The summed E-state index contributed by atoms with van der Waals surface area (Å²) in [6.45, 7) is 10.0. The van der Waals surface area contributed by atoms with Gasteiger partial charge in [-0.05, 0) is 12.0 Å². The normalized spacial score (nSPS) is 15.3. The summed E-state index contributed by atoms with van der Waals surface area (Å²) in [7, 11) is 0. The van der Waals surface area contributed by atoms with Gasteiger partial charge >= 0.3 is 0 Å². The van der Waals surface area contributed by atoms with Crippen LogP contribution in [0.5, 0.6) is 0 Å². The topological polar surface area (TPSA) is 55.5 Å². The largest absolute Gasteiger partial charge is 0.494 e. The molecule has 1 aromatic carbocycles. The quantitative estimate of drug-likeness (QED) is 0.430. The first-order valence-corrected chi connectivity index (χ1v) is 6.46. The van der Waals surface area contributed by atoms with E-state index >= 15 is 0 Å². The summed E-state index contributed by atoms with van der Waals surface area (Å²) < 4.78 is 5.71. The van der Waals surface area contributed by atoms with Gasteiger partial charge in [-0.25, -0.2) is 0 Å². The first-order chi connectivity index (χ1) is 9.06. The number of ether oxygens (including phenoxy) is 1. The fraction of sp³-hybridized carbons (Fsp3) is 0.375. The number of benzene rings is 1. The summed E-state index contributed by atoms with van der Waals surface area (Å²) in [6, 6.07) is 9.89. The lowest BCUT2D eigenvalue weighted by molar-refractivity contribution is 0.0677. The Morgan fingerprint density at radius 3 is 2.58 bits per heavy atom. The van der Waals surface area contributed by atoms with Crippen molar-refractivity contribution in [2.45, 2.75) is 26.2 Å². The van der Waals surface area contributed by atoms with Crippen LogP contribution in [-0.4, -0.2) is 11.3 Å². The van der Waals surface area contributed by atoms with Gasteiger partial charge in [0.1, 0.15) is 12.8 Å². The van der Waals surface area contributed by atoms with Crippen LogP contribution in [0.25, 0.3) is 0 Å². The van der Waals surface area contributed by atoms with Crippen molar-refractivity contribution in [1.29, 1.82) is 0 Å². The van der Waals surface area contributed by atoms with Crippen LogP contribution in [0.4, 0.5) is 0 Å². The first-order valence-electron chi connectivity index (χ1n) is 6.46. The molecule has 0 saturated heterocycles. The maximum atomic E-state index is 9.50. The van der Waals surface area contributed by atoms with E-state index in [9.17, 15) is 5.11 Å². The third-order valence-corrected chi connectivity index (χ3v) is 3.27. The average molecular weight is 261 g/mol. The Bertz CT molecular complexity index is 400. The molecule has 1 rings (SSSR count). The molecule has 0 aliphatic rings. The molecular weight excluding hydrogens is 238 g/mol. The molecule has 0 saturated carbocycles. The standard InChI is InChI=1S/C16H23NO2/c1-4-8-15(12(2)16(17)18)13(3)19-11-14-9-6-5-7-10-14/h4-7,9-10,12,15-16,18H,1,3,8,11,17H2,2H3. The summed E-state index contributed by atoms with van der Waals surface area (Å²) in [5.74, 6) is 0.489. The minimum atomic E-state index is -0.887. The Labute approximate surface area is 115 Å². The smallest absolute Gasteiger partial charge is 0.113 e. The van der Waals surface area contributed by atoms with Crippen LogP contribution < -0.4 is 5.73 Å². The number of allylic oxidation sites excluding steroid dienone is 2. The second-order valence-electron chi connectivity index (χ2n) is 4.72. The van der Waals surface area contributed by atoms with Gasteiger partial charge in [0.15, 0.2) is 0 Å². The molecule has 0 heterocycles. The lowest BCUT2D eigenvalue weighted by atomic mass is 9.88. The summed E-state index contributed by atoms with van der Waals surface area (Å²) in [5, 5.41) is 9.50. The van der Waals surface area contributed by atoms with Crippen molar-refractivity contribution >= 4 is 0 Å². The number of nitrogens with two attached hydrogens (primary N) is 1. The molecule has 3 N–H and O–H groups in total. The number of rotatable bonds is 8. The molecule has 3 unspecified atom stereocenters. The Balaban J connectivity index is 2.59. The minimum Gasteiger partial charge on any atom is -0.494 e. The van der Waals surface area contributed by atoms with E-state index in [1.165, 1.54) is 0 Å². The molecule has 0 spiro atoms. The van der Waals surface area contributed by atoms with Gasteiger partial charge in [-0.3, -0.25) is 0 Å². The van der Waals surface area contributed by atoms with Gasteiger partial charge in [-0.15, -0.1) is 6.58 Å². The molecule has 3 atom stereocenters. The molecule has 0 amide bonds. The first kappa shape index (κ1) is 15.5. The Kier molecular flexibility index (Phi) is 6.33. The maximum Gasteiger partial charge on any atom is 0.113 e. The monoisotopic (exact) mass is 261 g/mol. The fourth-order valence-corrected chi connectivity index (χ4v) is 1.91. The lowest BCUT2D eigenvalue weighted by Gasteiger charge is -2.26. The van der Waals surface area contributed by atoms with E-state index < -0.39 is 6.23 Å². The van der Waals surface area contributed by atoms with Crippen LogP contribution in [0.1, 0.15) is 18.9 Å². The lowest BCUT2D eigenvalue weighted by Crippen LogP contribution is -2.33. The van der Waals surface area contributed by atoms with Crippen molar-refractivity contribution in [2.24, 2.45) is 17.6 Å². The van der Waals surface area contributed by atoms with Gasteiger partial charge in [0.25, 0.3) is 0 Å². The van der Waals surface area contributed by atoms with Crippen LogP contribution in [0.2, 0.25) is 0 Å². The molecule has 0 aromatic heterocycles. The molecule has 0 radical (unpaired) electrons. The molecule has 3 nitrogen and oxygen atoms in total. The van der Waals surface area contributed by atoms with Gasteiger partial charge in [0.2, 0.25) is 0 Å². The van der Waals surface area contributed by atoms with Crippen molar-refractivity contribution < 1.29 is 9.84 Å². The second-order valence-corrected chi connectivity index (χ2v) is 4.72. The highest BCUT2D eigenvalue weighted by Crippen LogP contribution is 2.26. The van der Waals surface area contributed by atoms with E-state index in [0.717, 1.165) is 5.56 Å². The second kappa shape index (κ2) is 7.77. The molecule has 0 bridgehead atoms. The third kappa shape index (κ3) is 4.89. The van der Waals surface area contributed by atoms with Crippen molar-refractivity contribution in [3.63, 3.8) is 0 Å². The number of aliphatic hydroxyl groups excluding tert-OH is 1. The minimum absolute atomic E-state index is 0.0267. The average Bonchev–Trinajstić information content (AvgIpc) is 2.42. The zero-order chi connectivity index (χ0) is 14.3. The third-order valence-electron chi connectivity index (χ3n) is 3.27. The van der Waals surface area contributed by atoms with E-state index in [-0.39, 0.29) is 11.8 Å². The van der Waals surface area contributed by atoms with E-state index in [0.29, 0.717) is 18.8 Å². The van der Waals surface area contributed by atoms with Crippen molar-refractivity contribution in [3.05, 3.63) is 60.9 Å². The Morgan fingerprint density at radius 2 is 2.05 bits per heavy atom. The van der Waals surface area contributed by atoms with Crippen molar-refractivity contribution in [1.82, 2.24) is 0 Å². The summed E-state index contributed by atoms with van der Waals surface area (Å²) in [5.41, 5.74) is 6.62. The van der Waals surface area contributed by atoms with Gasteiger partial charge in [-0.1, -0.05) is 49.9 Å². The molecule has 0 fully saturated rings. The van der Waals surface area contributed by atoms with Crippen molar-refractivity contribution in [3.8, 4) is 0 Å². The van der Waals surface area contributed by atoms with E-state index in [4.69, 9.17) is 10.5 Å². The number of hydrogen-bond acceptors (Lipinski definition) is 3. The van der Waals surface area contributed by atoms with Gasteiger partial charge in [0, 0.05) is 11.8 Å². The summed E-state index contributed by atoms with van der Waals surface area (Å²) in [4.78, 5) is 0. The van der Waals surface area contributed by atoms with Gasteiger partial charge < -0.3 is 15.6 Å². The molecular formula is C16H23NO2. The van der Waals surface area contributed by atoms with Crippen molar-refractivity contribution in [2.75, 3.05) is 0 Å². The van der Waals surface area contributed by atoms with Gasteiger partial charge in [0.05, 0.1) is 5.76 Å². The van der Waals surface area contributed by atoms with Crippen LogP contribution in [0.3, 0.4) is 0 Å². The number of hydrogen-bond donors (Lipinski definition) is 2. The molecule has 104 valence electrons. The zero-order valence-corrected chi connectivity index (χ0v) is 11.5. The highest BCUT2D eigenvalue weighted by molar-refractivity contribution is 5.14. The highest BCUT2D eigenvalue weighted by Gasteiger charge is 2.24. The molecule has 1 aromatic rings. The van der Waals surface area contributed by atoms with Crippen LogP contribution in [-0.2, 0) is 11.3 Å². The fourth-order valence-electron chi connectivity index (χ4n) is 1.91. The summed E-state index contributed by atoms with van der Waals surface area (Å²) >= 11 is 0. The van der Waals surface area contributed by atoms with Gasteiger partial charge in [-0.2, -0.15) is 0 Å². The van der Waals surface area contributed by atoms with E-state index in [1.807, 2.05) is 37.3 Å². The molecule has 0 aliphatic carbocycles. The van der Waals surface area contributed by atoms with Crippen LogP contribution in [0, 0.1) is 11.8 Å². The van der Waals surface area contributed by atoms with Crippen LogP contribution in [0.15, 0.2) is 55.3 Å².